The van der Waals surface area contributed by atoms with E-state index < -0.39 is 47.0 Å². The number of carbonyl (C=O) groups is 3. The Morgan fingerprint density at radius 3 is 2.52 bits per heavy atom. The maximum absolute atomic E-state index is 13.3. The number of anilines is 1. The molecule has 8 heteroatoms. The van der Waals surface area contributed by atoms with Crippen molar-refractivity contribution in [1.82, 2.24) is 5.32 Å². The molecule has 1 N–H and O–H groups in total. The summed E-state index contributed by atoms with van der Waals surface area (Å²) in [5.74, 6) is -3.61. The average Bonchev–Trinajstić information content (AvgIpc) is 3.34. The van der Waals surface area contributed by atoms with Crippen LogP contribution in [0.15, 0.2) is 41.8 Å². The number of nitrogens with zero attached hydrogens (tertiary/aromatic N) is 1. The van der Waals surface area contributed by atoms with Crippen molar-refractivity contribution in [2.75, 3.05) is 12.0 Å². The summed E-state index contributed by atoms with van der Waals surface area (Å²) in [6, 6.07) is 8.38. The van der Waals surface area contributed by atoms with E-state index in [1.165, 1.54) is 42.7 Å². The van der Waals surface area contributed by atoms with Crippen molar-refractivity contribution in [3.63, 3.8) is 0 Å². The third-order valence-corrected chi connectivity index (χ3v) is 6.29. The molecular weight excluding hydrogens is 371 g/mol. The van der Waals surface area contributed by atoms with E-state index in [9.17, 15) is 18.8 Å². The predicted octanol–water partition coefficient (Wildman–Crippen LogP) is 2.27. The van der Waals surface area contributed by atoms with Crippen LogP contribution in [0.3, 0.4) is 0 Å². The Kier molecular flexibility index (Phi) is 4.12. The molecule has 2 fully saturated rings. The lowest BCUT2D eigenvalue weighted by atomic mass is 9.81. The van der Waals surface area contributed by atoms with Gasteiger partial charge in [0.15, 0.2) is 0 Å². The fraction of sp³-hybridized carbons (Fsp3) is 0.316. The first-order chi connectivity index (χ1) is 12.9. The van der Waals surface area contributed by atoms with E-state index in [1.54, 1.807) is 6.92 Å². The molecule has 0 radical (unpaired) electrons. The number of hydrogen-bond acceptors (Lipinski definition) is 6. The second-order valence-electron chi connectivity index (χ2n) is 6.82. The van der Waals surface area contributed by atoms with Crippen LogP contribution in [0.1, 0.15) is 17.8 Å². The van der Waals surface area contributed by atoms with E-state index in [0.29, 0.717) is 0 Å². The normalized spacial score (nSPS) is 29.9. The Bertz CT molecular complexity index is 914. The van der Waals surface area contributed by atoms with Crippen LogP contribution in [0, 0.1) is 17.7 Å². The average molecular weight is 388 g/mol. The number of carbonyl (C=O) groups excluding carboxylic acids is 3. The van der Waals surface area contributed by atoms with Gasteiger partial charge in [0.2, 0.25) is 11.8 Å². The van der Waals surface area contributed by atoms with Crippen LogP contribution in [0.25, 0.3) is 0 Å². The Labute approximate surface area is 158 Å². The van der Waals surface area contributed by atoms with E-state index in [0.717, 1.165) is 9.78 Å². The molecule has 2 aliphatic rings. The third kappa shape index (κ3) is 2.51. The number of methoxy groups -OCH3 is 1. The molecule has 3 heterocycles. The van der Waals surface area contributed by atoms with Crippen LogP contribution in [0.2, 0.25) is 0 Å². The van der Waals surface area contributed by atoms with E-state index in [2.05, 4.69) is 5.32 Å². The van der Waals surface area contributed by atoms with Gasteiger partial charge in [-0.1, -0.05) is 6.07 Å². The summed E-state index contributed by atoms with van der Waals surface area (Å²) >= 11 is 1.45. The highest BCUT2D eigenvalue weighted by Crippen LogP contribution is 2.50. The van der Waals surface area contributed by atoms with Gasteiger partial charge in [-0.3, -0.25) is 19.7 Å². The van der Waals surface area contributed by atoms with Gasteiger partial charge >= 0.3 is 5.97 Å². The van der Waals surface area contributed by atoms with Crippen LogP contribution in [-0.2, 0) is 19.1 Å². The molecule has 140 valence electrons. The summed E-state index contributed by atoms with van der Waals surface area (Å²) in [7, 11) is 1.25. The number of esters is 1. The van der Waals surface area contributed by atoms with Gasteiger partial charge in [-0.2, -0.15) is 0 Å². The highest BCUT2D eigenvalue weighted by atomic mass is 32.1. The summed E-state index contributed by atoms with van der Waals surface area (Å²) < 4.78 is 18.2. The summed E-state index contributed by atoms with van der Waals surface area (Å²) in [5, 5.41) is 5.05. The van der Waals surface area contributed by atoms with Crippen molar-refractivity contribution < 1.29 is 23.5 Å². The molecule has 2 saturated heterocycles. The molecule has 1 aromatic carbocycles. The van der Waals surface area contributed by atoms with Crippen LogP contribution >= 0.6 is 11.3 Å². The number of imide groups is 1. The van der Waals surface area contributed by atoms with Gasteiger partial charge in [0.05, 0.1) is 30.7 Å². The Hall–Kier alpha value is -2.58. The molecule has 0 spiro atoms. The maximum atomic E-state index is 13.3. The molecule has 2 aromatic rings. The monoisotopic (exact) mass is 388 g/mol. The number of benzene rings is 1. The standard InChI is InChI=1S/C19H17FN2O4S/c1-19(18(25)26-2)14-13(15(21-19)12-4-3-9-27-12)16(23)22(17(14)24)11-7-5-10(20)6-8-11/h3-9,13-15,21H,1-2H3/t13-,14+,15+,19+/m0/s1. The molecule has 2 amide bonds. The fourth-order valence-corrected chi connectivity index (χ4v) is 4.92. The van der Waals surface area contributed by atoms with Crippen LogP contribution < -0.4 is 10.2 Å². The summed E-state index contributed by atoms with van der Waals surface area (Å²) in [5.41, 5.74) is -1.05. The Morgan fingerprint density at radius 2 is 1.93 bits per heavy atom. The number of rotatable bonds is 3. The second-order valence-corrected chi connectivity index (χ2v) is 7.80. The maximum Gasteiger partial charge on any atom is 0.326 e. The zero-order valence-corrected chi connectivity index (χ0v) is 15.5. The van der Waals surface area contributed by atoms with E-state index in [1.807, 2.05) is 17.5 Å². The molecule has 27 heavy (non-hydrogen) atoms. The molecule has 2 aliphatic heterocycles. The zero-order chi connectivity index (χ0) is 19.3. The highest BCUT2D eigenvalue weighted by Gasteiger charge is 2.67. The van der Waals surface area contributed by atoms with Crippen LogP contribution in [-0.4, -0.2) is 30.4 Å². The molecule has 4 atom stereocenters. The van der Waals surface area contributed by atoms with Crippen LogP contribution in [0.4, 0.5) is 10.1 Å². The Morgan fingerprint density at radius 1 is 1.22 bits per heavy atom. The van der Waals surface area contributed by atoms with E-state index in [-0.39, 0.29) is 5.69 Å². The van der Waals surface area contributed by atoms with Crippen molar-refractivity contribution >= 4 is 34.8 Å². The topological polar surface area (TPSA) is 75.7 Å². The minimum atomic E-state index is -1.34. The summed E-state index contributed by atoms with van der Waals surface area (Å²) in [6.07, 6.45) is 0. The van der Waals surface area contributed by atoms with Gasteiger partial charge in [0.25, 0.3) is 0 Å². The molecule has 6 nitrogen and oxygen atoms in total. The van der Waals surface area contributed by atoms with Crippen molar-refractivity contribution in [3.05, 3.63) is 52.5 Å². The first kappa shape index (κ1) is 17.8. The number of amides is 2. The number of ether oxygens (including phenoxy) is 1. The van der Waals surface area contributed by atoms with Gasteiger partial charge in [-0.25, -0.2) is 9.29 Å². The molecule has 0 unspecified atom stereocenters. The third-order valence-electron chi connectivity index (χ3n) is 5.33. The molecule has 0 saturated carbocycles. The van der Waals surface area contributed by atoms with Gasteiger partial charge in [0.1, 0.15) is 11.4 Å². The largest absolute Gasteiger partial charge is 0.468 e. The van der Waals surface area contributed by atoms with Gasteiger partial charge in [-0.05, 0) is 42.6 Å². The van der Waals surface area contributed by atoms with Crippen LogP contribution in [0.5, 0.6) is 0 Å². The Balaban J connectivity index is 1.81. The summed E-state index contributed by atoms with van der Waals surface area (Å²) in [6.45, 7) is 1.59. The lowest BCUT2D eigenvalue weighted by molar-refractivity contribution is -0.151. The second kappa shape index (κ2) is 6.24. The summed E-state index contributed by atoms with van der Waals surface area (Å²) in [4.78, 5) is 40.8. The predicted molar refractivity (Wildman–Crippen MR) is 96.5 cm³/mol. The van der Waals surface area contributed by atoms with Crippen molar-refractivity contribution in [2.45, 2.75) is 18.5 Å². The number of fused-ring (bicyclic) bond motifs is 1. The minimum absolute atomic E-state index is 0.290. The lowest BCUT2D eigenvalue weighted by Gasteiger charge is -2.28. The van der Waals surface area contributed by atoms with E-state index in [4.69, 9.17) is 4.74 Å². The SMILES string of the molecule is COC(=O)[C@]1(C)N[C@H](c2cccs2)[C@H]2C(=O)N(c3ccc(F)cc3)C(=O)[C@@H]21. The molecule has 0 bridgehead atoms. The quantitative estimate of drug-likeness (QED) is 0.645. The molecule has 4 rings (SSSR count). The first-order valence-electron chi connectivity index (χ1n) is 8.41. The van der Waals surface area contributed by atoms with Crippen molar-refractivity contribution in [2.24, 2.45) is 11.8 Å². The highest BCUT2D eigenvalue weighted by molar-refractivity contribution is 7.10. The lowest BCUT2D eigenvalue weighted by Crippen LogP contribution is -2.54. The van der Waals surface area contributed by atoms with E-state index >= 15 is 0 Å². The minimum Gasteiger partial charge on any atom is -0.468 e. The molecular formula is C19H17FN2O4S. The van der Waals surface area contributed by atoms with Crippen molar-refractivity contribution in [1.29, 1.82) is 0 Å². The number of halogens is 1. The van der Waals surface area contributed by atoms with Gasteiger partial charge in [-0.15, -0.1) is 11.3 Å². The molecule has 1 aromatic heterocycles. The number of hydrogen-bond donors (Lipinski definition) is 1. The first-order valence-corrected chi connectivity index (χ1v) is 9.29. The van der Waals surface area contributed by atoms with Crippen molar-refractivity contribution in [3.8, 4) is 0 Å². The van der Waals surface area contributed by atoms with Gasteiger partial charge < -0.3 is 4.74 Å². The smallest absolute Gasteiger partial charge is 0.326 e. The molecule has 0 aliphatic carbocycles. The fourth-order valence-electron chi connectivity index (χ4n) is 4.10. The number of nitrogens with one attached hydrogen (secondary N) is 1. The van der Waals surface area contributed by atoms with Gasteiger partial charge in [0, 0.05) is 4.88 Å². The zero-order valence-electron chi connectivity index (χ0n) is 14.6. The number of thiophene rings is 1.